The summed E-state index contributed by atoms with van der Waals surface area (Å²) >= 11 is 0. The molecule has 6 nitrogen and oxygen atoms in total. The van der Waals surface area contributed by atoms with Crippen LogP contribution in [0.4, 0.5) is 10.5 Å². The number of anilines is 1. The van der Waals surface area contributed by atoms with Crippen LogP contribution in [0.25, 0.3) is 10.9 Å². The number of H-pyrrole nitrogens is 1. The van der Waals surface area contributed by atoms with Gasteiger partial charge in [-0.15, -0.1) is 0 Å². The standard InChI is InChI=1S/C17H23N5O/c23-17(20-13-4-6-18-12-13)22-10-8-21(9-11-22)16-3-1-2-15-14(16)5-7-19-15/h1-3,5,7,13,18-19H,4,6,8-12H2,(H,20,23). The highest BCUT2D eigenvalue weighted by Crippen LogP contribution is 2.26. The molecule has 3 heterocycles. The second-order valence-corrected chi connectivity index (χ2v) is 6.33. The monoisotopic (exact) mass is 313 g/mol. The zero-order chi connectivity index (χ0) is 15.6. The van der Waals surface area contributed by atoms with Gasteiger partial charge in [-0.25, -0.2) is 4.79 Å². The molecule has 1 aromatic heterocycles. The molecule has 1 atom stereocenters. The van der Waals surface area contributed by atoms with Crippen LogP contribution in [0, 0.1) is 0 Å². The fraction of sp³-hybridized carbons (Fsp3) is 0.471. The van der Waals surface area contributed by atoms with Crippen molar-refractivity contribution in [1.29, 1.82) is 0 Å². The maximum Gasteiger partial charge on any atom is 0.317 e. The van der Waals surface area contributed by atoms with Gasteiger partial charge >= 0.3 is 6.03 Å². The van der Waals surface area contributed by atoms with E-state index < -0.39 is 0 Å². The fourth-order valence-corrected chi connectivity index (χ4v) is 3.54. The largest absolute Gasteiger partial charge is 0.367 e. The number of piperazine rings is 1. The summed E-state index contributed by atoms with van der Waals surface area (Å²) < 4.78 is 0. The Morgan fingerprint density at radius 2 is 2.04 bits per heavy atom. The maximum absolute atomic E-state index is 12.3. The lowest BCUT2D eigenvalue weighted by atomic mass is 10.2. The van der Waals surface area contributed by atoms with Crippen LogP contribution < -0.4 is 15.5 Å². The van der Waals surface area contributed by atoms with E-state index in [1.54, 1.807) is 0 Å². The SMILES string of the molecule is O=C(NC1CCNC1)N1CCN(c2cccc3[nH]ccc23)CC1. The van der Waals surface area contributed by atoms with Crippen LogP contribution in [-0.2, 0) is 0 Å². The average molecular weight is 313 g/mol. The molecule has 2 amide bonds. The molecule has 0 saturated carbocycles. The summed E-state index contributed by atoms with van der Waals surface area (Å²) in [4.78, 5) is 19.9. The van der Waals surface area contributed by atoms with Crippen molar-refractivity contribution in [2.24, 2.45) is 0 Å². The molecule has 1 unspecified atom stereocenters. The topological polar surface area (TPSA) is 63.4 Å². The summed E-state index contributed by atoms with van der Waals surface area (Å²) in [6.07, 6.45) is 3.01. The van der Waals surface area contributed by atoms with E-state index >= 15 is 0 Å². The van der Waals surface area contributed by atoms with E-state index in [0.717, 1.165) is 51.2 Å². The van der Waals surface area contributed by atoms with Crippen LogP contribution in [0.5, 0.6) is 0 Å². The van der Waals surface area contributed by atoms with Gasteiger partial charge in [0.1, 0.15) is 0 Å². The number of aromatic nitrogens is 1. The van der Waals surface area contributed by atoms with Crippen LogP contribution in [0.2, 0.25) is 0 Å². The van der Waals surface area contributed by atoms with E-state index in [0.29, 0.717) is 0 Å². The summed E-state index contributed by atoms with van der Waals surface area (Å²) in [5.41, 5.74) is 2.42. The molecule has 2 aromatic rings. The Bertz CT molecular complexity index is 683. The van der Waals surface area contributed by atoms with Gasteiger partial charge in [-0.05, 0) is 31.2 Å². The van der Waals surface area contributed by atoms with Gasteiger partial charge in [0, 0.05) is 61.6 Å². The number of carbonyl (C=O) groups excluding carboxylic acids is 1. The average Bonchev–Trinajstić information content (AvgIpc) is 3.25. The number of nitrogens with one attached hydrogen (secondary N) is 3. The minimum atomic E-state index is 0.0817. The summed E-state index contributed by atoms with van der Waals surface area (Å²) in [5, 5.41) is 7.66. The molecule has 2 aliphatic rings. The maximum atomic E-state index is 12.3. The molecule has 0 spiro atoms. The van der Waals surface area contributed by atoms with E-state index in [9.17, 15) is 4.79 Å². The molecule has 6 heteroatoms. The predicted molar refractivity (Wildman–Crippen MR) is 91.9 cm³/mol. The second kappa shape index (κ2) is 6.12. The van der Waals surface area contributed by atoms with Crippen LogP contribution in [0.15, 0.2) is 30.5 Å². The van der Waals surface area contributed by atoms with E-state index in [2.05, 4.69) is 44.8 Å². The molecule has 2 aliphatic heterocycles. The lowest BCUT2D eigenvalue weighted by Gasteiger charge is -2.36. The van der Waals surface area contributed by atoms with Gasteiger partial charge in [-0.2, -0.15) is 0 Å². The third-order valence-electron chi connectivity index (χ3n) is 4.87. The van der Waals surface area contributed by atoms with Crippen molar-refractivity contribution in [3.63, 3.8) is 0 Å². The number of benzene rings is 1. The first-order chi connectivity index (χ1) is 11.3. The Morgan fingerprint density at radius 3 is 2.83 bits per heavy atom. The van der Waals surface area contributed by atoms with Gasteiger partial charge < -0.3 is 25.4 Å². The second-order valence-electron chi connectivity index (χ2n) is 6.33. The Morgan fingerprint density at radius 1 is 1.17 bits per heavy atom. The van der Waals surface area contributed by atoms with Gasteiger partial charge in [0.25, 0.3) is 0 Å². The third kappa shape index (κ3) is 2.86. The number of nitrogens with zero attached hydrogens (tertiary/aromatic N) is 2. The fourth-order valence-electron chi connectivity index (χ4n) is 3.54. The first-order valence-electron chi connectivity index (χ1n) is 8.38. The van der Waals surface area contributed by atoms with Crippen molar-refractivity contribution >= 4 is 22.6 Å². The summed E-state index contributed by atoms with van der Waals surface area (Å²) in [7, 11) is 0. The highest BCUT2D eigenvalue weighted by molar-refractivity contribution is 5.92. The molecule has 1 aromatic carbocycles. The quantitative estimate of drug-likeness (QED) is 0.784. The van der Waals surface area contributed by atoms with Crippen LogP contribution in [0.3, 0.4) is 0 Å². The van der Waals surface area contributed by atoms with Crippen molar-refractivity contribution < 1.29 is 4.79 Å². The number of amides is 2. The third-order valence-corrected chi connectivity index (χ3v) is 4.87. The summed E-state index contributed by atoms with van der Waals surface area (Å²) in [6, 6.07) is 8.83. The van der Waals surface area contributed by atoms with E-state index in [4.69, 9.17) is 0 Å². The number of hydrogen-bond acceptors (Lipinski definition) is 3. The van der Waals surface area contributed by atoms with Crippen LogP contribution in [0.1, 0.15) is 6.42 Å². The normalized spacial score (nSPS) is 21.8. The Kier molecular flexibility index (Phi) is 3.83. The lowest BCUT2D eigenvalue weighted by molar-refractivity contribution is 0.191. The van der Waals surface area contributed by atoms with Crippen LogP contribution >= 0.6 is 0 Å². The number of aromatic amines is 1. The van der Waals surface area contributed by atoms with Crippen molar-refractivity contribution in [3.8, 4) is 0 Å². The number of carbonyl (C=O) groups is 1. The zero-order valence-corrected chi connectivity index (χ0v) is 13.2. The molecular formula is C17H23N5O. The lowest BCUT2D eigenvalue weighted by Crippen LogP contribution is -2.53. The molecular weight excluding hydrogens is 290 g/mol. The summed E-state index contributed by atoms with van der Waals surface area (Å²) in [6.45, 7) is 5.18. The van der Waals surface area contributed by atoms with Gasteiger partial charge in [-0.1, -0.05) is 6.07 Å². The number of urea groups is 1. The van der Waals surface area contributed by atoms with Crippen molar-refractivity contribution in [2.45, 2.75) is 12.5 Å². The Balaban J connectivity index is 1.39. The molecule has 0 aliphatic carbocycles. The van der Waals surface area contributed by atoms with Crippen molar-refractivity contribution in [2.75, 3.05) is 44.2 Å². The van der Waals surface area contributed by atoms with E-state index in [1.165, 1.54) is 11.1 Å². The number of hydrogen-bond donors (Lipinski definition) is 3. The Labute approximate surface area is 135 Å². The van der Waals surface area contributed by atoms with Crippen molar-refractivity contribution in [1.82, 2.24) is 20.5 Å². The molecule has 0 bridgehead atoms. The van der Waals surface area contributed by atoms with Gasteiger partial charge in [0.2, 0.25) is 0 Å². The molecule has 122 valence electrons. The van der Waals surface area contributed by atoms with Gasteiger partial charge in [-0.3, -0.25) is 0 Å². The molecule has 4 rings (SSSR count). The highest BCUT2D eigenvalue weighted by atomic mass is 16.2. The first kappa shape index (κ1) is 14.4. The minimum absolute atomic E-state index is 0.0817. The Hall–Kier alpha value is -2.21. The van der Waals surface area contributed by atoms with Gasteiger partial charge in [0.15, 0.2) is 0 Å². The number of rotatable bonds is 2. The highest BCUT2D eigenvalue weighted by Gasteiger charge is 2.24. The predicted octanol–water partition coefficient (Wildman–Crippen LogP) is 1.36. The minimum Gasteiger partial charge on any atom is -0.367 e. The zero-order valence-electron chi connectivity index (χ0n) is 13.2. The van der Waals surface area contributed by atoms with E-state index in [-0.39, 0.29) is 12.1 Å². The molecule has 2 saturated heterocycles. The van der Waals surface area contributed by atoms with Crippen LogP contribution in [-0.4, -0.2) is 61.2 Å². The molecule has 0 radical (unpaired) electrons. The first-order valence-corrected chi connectivity index (χ1v) is 8.38. The molecule has 23 heavy (non-hydrogen) atoms. The number of fused-ring (bicyclic) bond motifs is 1. The molecule has 3 N–H and O–H groups in total. The van der Waals surface area contributed by atoms with Crippen molar-refractivity contribution in [3.05, 3.63) is 30.5 Å². The van der Waals surface area contributed by atoms with E-state index in [1.807, 2.05) is 11.1 Å². The van der Waals surface area contributed by atoms with Gasteiger partial charge in [0.05, 0.1) is 0 Å². The molecule has 2 fully saturated rings. The summed E-state index contributed by atoms with van der Waals surface area (Å²) in [5.74, 6) is 0. The smallest absolute Gasteiger partial charge is 0.317 e.